The van der Waals surface area contributed by atoms with Crippen LogP contribution in [0.15, 0.2) is 36.4 Å². The van der Waals surface area contributed by atoms with E-state index in [1.54, 1.807) is 30.3 Å². The second-order valence-corrected chi connectivity index (χ2v) is 4.01. The van der Waals surface area contributed by atoms with Crippen molar-refractivity contribution in [3.63, 3.8) is 0 Å². The molecule has 6 heteroatoms. The number of nitrogens with one attached hydrogen (secondary N) is 1. The molecule has 2 rings (SSSR count). The van der Waals surface area contributed by atoms with E-state index in [4.69, 9.17) is 15.9 Å². The van der Waals surface area contributed by atoms with Crippen LogP contribution >= 0.6 is 0 Å². The third-order valence-corrected chi connectivity index (χ3v) is 2.69. The van der Waals surface area contributed by atoms with Gasteiger partial charge in [-0.15, -0.1) is 0 Å². The summed E-state index contributed by atoms with van der Waals surface area (Å²) in [6.45, 7) is 0.275. The van der Waals surface area contributed by atoms with Gasteiger partial charge in [0, 0.05) is 17.9 Å². The minimum atomic E-state index is -0.415. The molecule has 0 aliphatic carbocycles. The van der Waals surface area contributed by atoms with Crippen molar-refractivity contribution in [3.05, 3.63) is 46.5 Å². The van der Waals surface area contributed by atoms with Gasteiger partial charge in [-0.1, -0.05) is 18.2 Å². The van der Waals surface area contributed by atoms with Crippen LogP contribution in [0.25, 0.3) is 10.8 Å². The molecule has 0 aliphatic rings. The number of rotatable bonds is 5. The number of ether oxygens (including phenoxy) is 1. The lowest BCUT2D eigenvalue weighted by atomic mass is 10.1. The minimum Gasteiger partial charge on any atom is -0.492 e. The molecule has 0 atom stereocenters. The Kier molecular flexibility index (Phi) is 3.61. The highest BCUT2D eigenvalue weighted by Crippen LogP contribution is 2.32. The maximum absolute atomic E-state index is 10.9. The van der Waals surface area contributed by atoms with Crippen molar-refractivity contribution in [2.24, 2.45) is 5.73 Å². The molecule has 0 heterocycles. The van der Waals surface area contributed by atoms with Crippen molar-refractivity contribution in [1.82, 2.24) is 0 Å². The van der Waals surface area contributed by atoms with Gasteiger partial charge < -0.3 is 10.5 Å². The molecule has 2 aromatic carbocycles. The standard InChI is InChI=1S/C13H13N3O3/c14-13(15)7-8-19-12-6-5-11(16(17)18)9-3-1-2-4-10(9)12/h1-6H,7-8H2,(H3,14,15). The molecule has 19 heavy (non-hydrogen) atoms. The second-order valence-electron chi connectivity index (χ2n) is 4.01. The summed E-state index contributed by atoms with van der Waals surface area (Å²) in [4.78, 5) is 10.5. The Morgan fingerprint density at radius 2 is 1.95 bits per heavy atom. The first-order valence-corrected chi connectivity index (χ1v) is 5.71. The molecular weight excluding hydrogens is 246 g/mol. The van der Waals surface area contributed by atoms with Gasteiger partial charge in [0.2, 0.25) is 0 Å². The van der Waals surface area contributed by atoms with Gasteiger partial charge in [0.1, 0.15) is 5.75 Å². The molecule has 3 N–H and O–H groups in total. The van der Waals surface area contributed by atoms with Crippen LogP contribution in [-0.2, 0) is 0 Å². The van der Waals surface area contributed by atoms with Gasteiger partial charge >= 0.3 is 0 Å². The average molecular weight is 259 g/mol. The lowest BCUT2D eigenvalue weighted by Gasteiger charge is -2.09. The molecule has 0 amide bonds. The zero-order valence-electron chi connectivity index (χ0n) is 10.1. The smallest absolute Gasteiger partial charge is 0.277 e. The van der Waals surface area contributed by atoms with Gasteiger partial charge in [-0.2, -0.15) is 0 Å². The number of fused-ring (bicyclic) bond motifs is 1. The molecule has 6 nitrogen and oxygen atoms in total. The van der Waals surface area contributed by atoms with E-state index in [1.807, 2.05) is 0 Å². The van der Waals surface area contributed by atoms with E-state index in [0.717, 1.165) is 0 Å². The van der Waals surface area contributed by atoms with Gasteiger partial charge in [-0.05, 0) is 12.1 Å². The van der Waals surface area contributed by atoms with E-state index in [2.05, 4.69) is 0 Å². The molecule has 98 valence electrons. The summed E-state index contributed by atoms with van der Waals surface area (Å²) >= 11 is 0. The molecule has 0 spiro atoms. The van der Waals surface area contributed by atoms with Crippen LogP contribution in [0.3, 0.4) is 0 Å². The highest BCUT2D eigenvalue weighted by molar-refractivity contribution is 5.95. The first-order valence-electron chi connectivity index (χ1n) is 5.71. The van der Waals surface area contributed by atoms with E-state index in [0.29, 0.717) is 22.9 Å². The SMILES string of the molecule is N=C(N)CCOc1ccc([N+](=O)[O-])c2ccccc12. The van der Waals surface area contributed by atoms with Crippen LogP contribution in [0.2, 0.25) is 0 Å². The molecule has 0 unspecified atom stereocenters. The van der Waals surface area contributed by atoms with Gasteiger partial charge in [0.05, 0.1) is 22.8 Å². The van der Waals surface area contributed by atoms with Crippen LogP contribution < -0.4 is 10.5 Å². The quantitative estimate of drug-likeness (QED) is 0.372. The Hall–Kier alpha value is -2.63. The summed E-state index contributed by atoms with van der Waals surface area (Å²) in [6.07, 6.45) is 0.325. The maximum Gasteiger partial charge on any atom is 0.277 e. The fourth-order valence-electron chi connectivity index (χ4n) is 1.81. The van der Waals surface area contributed by atoms with Crippen LogP contribution in [0.1, 0.15) is 6.42 Å². The van der Waals surface area contributed by atoms with Crippen molar-refractivity contribution in [3.8, 4) is 5.75 Å². The monoisotopic (exact) mass is 259 g/mol. The van der Waals surface area contributed by atoms with Crippen molar-refractivity contribution in [1.29, 1.82) is 5.41 Å². The van der Waals surface area contributed by atoms with Crippen LogP contribution in [0.5, 0.6) is 5.75 Å². The molecular formula is C13H13N3O3. The number of nitrogens with two attached hydrogens (primary N) is 1. The Bertz CT molecular complexity index is 640. The normalized spacial score (nSPS) is 10.3. The molecule has 0 aromatic heterocycles. The number of nitro groups is 1. The Balaban J connectivity index is 2.38. The Labute approximate surface area is 109 Å². The van der Waals surface area contributed by atoms with Crippen LogP contribution in [0.4, 0.5) is 5.69 Å². The predicted molar refractivity (Wildman–Crippen MR) is 72.6 cm³/mol. The van der Waals surface area contributed by atoms with Gasteiger partial charge in [0.25, 0.3) is 5.69 Å². The summed E-state index contributed by atoms with van der Waals surface area (Å²) in [5.74, 6) is 0.605. The highest BCUT2D eigenvalue weighted by atomic mass is 16.6. The van der Waals surface area contributed by atoms with Crippen LogP contribution in [-0.4, -0.2) is 17.4 Å². The van der Waals surface area contributed by atoms with Gasteiger partial charge in [-0.3, -0.25) is 15.5 Å². The first-order chi connectivity index (χ1) is 9.09. The third-order valence-electron chi connectivity index (χ3n) is 2.69. The fraction of sp³-hybridized carbons (Fsp3) is 0.154. The first kappa shape index (κ1) is 12.8. The van der Waals surface area contributed by atoms with Gasteiger partial charge in [-0.25, -0.2) is 0 Å². The molecule has 0 fully saturated rings. The number of hydrogen-bond acceptors (Lipinski definition) is 4. The molecule has 0 bridgehead atoms. The molecule has 0 saturated carbocycles. The fourth-order valence-corrected chi connectivity index (χ4v) is 1.81. The topological polar surface area (TPSA) is 102 Å². The lowest BCUT2D eigenvalue weighted by Crippen LogP contribution is -2.13. The third kappa shape index (κ3) is 2.79. The number of non-ortho nitro benzene ring substituents is 1. The Morgan fingerprint density at radius 3 is 2.58 bits per heavy atom. The number of nitrogens with zero attached hydrogens (tertiary/aromatic N) is 1. The molecule has 2 aromatic rings. The summed E-state index contributed by atoms with van der Waals surface area (Å²) in [7, 11) is 0. The van der Waals surface area contributed by atoms with E-state index in [-0.39, 0.29) is 18.1 Å². The minimum absolute atomic E-state index is 0.0474. The maximum atomic E-state index is 10.9. The lowest BCUT2D eigenvalue weighted by molar-refractivity contribution is -0.383. The zero-order valence-corrected chi connectivity index (χ0v) is 10.1. The number of benzene rings is 2. The number of nitro benzene ring substituents is 1. The molecule has 0 radical (unpaired) electrons. The summed E-state index contributed by atoms with van der Waals surface area (Å²) in [5, 5.41) is 19.3. The number of hydrogen-bond donors (Lipinski definition) is 2. The number of amidine groups is 1. The van der Waals surface area contributed by atoms with Crippen molar-refractivity contribution in [2.75, 3.05) is 6.61 Å². The van der Waals surface area contributed by atoms with Crippen molar-refractivity contribution < 1.29 is 9.66 Å². The summed E-state index contributed by atoms with van der Waals surface area (Å²) in [6, 6.07) is 9.99. The van der Waals surface area contributed by atoms with Crippen molar-refractivity contribution >= 4 is 22.3 Å². The summed E-state index contributed by atoms with van der Waals surface area (Å²) in [5.41, 5.74) is 5.30. The highest BCUT2D eigenvalue weighted by Gasteiger charge is 2.14. The average Bonchev–Trinajstić information content (AvgIpc) is 2.38. The molecule has 0 saturated heterocycles. The largest absolute Gasteiger partial charge is 0.492 e. The predicted octanol–water partition coefficient (Wildman–Crippen LogP) is 2.45. The van der Waals surface area contributed by atoms with E-state index >= 15 is 0 Å². The molecule has 0 aliphatic heterocycles. The van der Waals surface area contributed by atoms with Crippen LogP contribution in [0, 0.1) is 15.5 Å². The van der Waals surface area contributed by atoms with E-state index < -0.39 is 4.92 Å². The van der Waals surface area contributed by atoms with E-state index in [1.165, 1.54) is 6.07 Å². The zero-order chi connectivity index (χ0) is 13.8. The Morgan fingerprint density at radius 1 is 1.26 bits per heavy atom. The summed E-state index contributed by atoms with van der Waals surface area (Å²) < 4.78 is 5.52. The second kappa shape index (κ2) is 5.34. The van der Waals surface area contributed by atoms with Gasteiger partial charge in [0.15, 0.2) is 0 Å². The van der Waals surface area contributed by atoms with E-state index in [9.17, 15) is 10.1 Å². The van der Waals surface area contributed by atoms with Crippen molar-refractivity contribution in [2.45, 2.75) is 6.42 Å².